The molecular weight excluding hydrogens is 262 g/mol. The largest absolute Gasteiger partial charge is 0.464 e. The molecule has 0 aromatic rings. The minimum atomic E-state index is -0.630. The molecule has 2 fully saturated rings. The Bertz CT molecular complexity index is 408. The first-order chi connectivity index (χ1) is 9.56. The van der Waals surface area contributed by atoms with Crippen LogP contribution in [0.15, 0.2) is 0 Å². The molecule has 0 aromatic carbocycles. The highest BCUT2D eigenvalue weighted by molar-refractivity contribution is 5.83. The van der Waals surface area contributed by atoms with Crippen molar-refractivity contribution < 1.29 is 23.9 Å². The fraction of sp³-hybridized carbons (Fsp3) is 0.786. The molecule has 6 nitrogen and oxygen atoms in total. The molecule has 1 saturated carbocycles. The van der Waals surface area contributed by atoms with E-state index in [-0.39, 0.29) is 24.2 Å². The SMILES string of the molecule is CCOC(=O)C1C[C@H]2CC(=O)CC[C@H]2CN1C(=O)OC. The highest BCUT2D eigenvalue weighted by Gasteiger charge is 2.44. The summed E-state index contributed by atoms with van der Waals surface area (Å²) < 4.78 is 9.80. The van der Waals surface area contributed by atoms with E-state index in [9.17, 15) is 14.4 Å². The number of fused-ring (bicyclic) bond motifs is 1. The van der Waals surface area contributed by atoms with Gasteiger partial charge >= 0.3 is 12.1 Å². The predicted octanol–water partition coefficient (Wildman–Crippen LogP) is 1.38. The van der Waals surface area contributed by atoms with E-state index in [2.05, 4.69) is 0 Å². The van der Waals surface area contributed by atoms with Crippen LogP contribution in [0, 0.1) is 11.8 Å². The molecule has 1 amide bonds. The second kappa shape index (κ2) is 6.24. The maximum absolute atomic E-state index is 12.0. The summed E-state index contributed by atoms with van der Waals surface area (Å²) >= 11 is 0. The van der Waals surface area contributed by atoms with E-state index < -0.39 is 18.1 Å². The summed E-state index contributed by atoms with van der Waals surface area (Å²) in [5, 5.41) is 0. The van der Waals surface area contributed by atoms with Gasteiger partial charge in [-0.3, -0.25) is 9.69 Å². The number of carbonyl (C=O) groups excluding carboxylic acids is 3. The van der Waals surface area contributed by atoms with Gasteiger partial charge in [-0.25, -0.2) is 9.59 Å². The van der Waals surface area contributed by atoms with E-state index in [1.165, 1.54) is 12.0 Å². The Morgan fingerprint density at radius 2 is 2.10 bits per heavy atom. The molecule has 0 bridgehead atoms. The first-order valence-corrected chi connectivity index (χ1v) is 7.09. The minimum absolute atomic E-state index is 0.173. The molecule has 0 aromatic heterocycles. The van der Waals surface area contributed by atoms with Crippen LogP contribution < -0.4 is 0 Å². The number of Topliss-reactive ketones (excluding diaryl/α,β-unsaturated/α-hetero) is 1. The minimum Gasteiger partial charge on any atom is -0.464 e. The van der Waals surface area contributed by atoms with Gasteiger partial charge in [0.2, 0.25) is 0 Å². The van der Waals surface area contributed by atoms with Crippen molar-refractivity contribution in [1.82, 2.24) is 4.90 Å². The average Bonchev–Trinajstić information content (AvgIpc) is 2.45. The van der Waals surface area contributed by atoms with Crippen LogP contribution in [0.3, 0.4) is 0 Å². The van der Waals surface area contributed by atoms with Crippen molar-refractivity contribution in [3.8, 4) is 0 Å². The standard InChI is InChI=1S/C14H21NO5/c1-3-20-13(17)12-7-10-6-11(16)5-4-9(10)8-15(12)14(18)19-2/h9-10,12H,3-8H2,1-2H3/t9-,10+,12?/m0/s1. The number of ketones is 1. The molecule has 0 spiro atoms. The van der Waals surface area contributed by atoms with Crippen LogP contribution in [0.5, 0.6) is 0 Å². The van der Waals surface area contributed by atoms with Gasteiger partial charge in [-0.2, -0.15) is 0 Å². The maximum Gasteiger partial charge on any atom is 0.410 e. The second-order valence-electron chi connectivity index (χ2n) is 5.43. The molecule has 3 atom stereocenters. The van der Waals surface area contributed by atoms with Crippen molar-refractivity contribution in [2.75, 3.05) is 20.3 Å². The Kier molecular flexibility index (Phi) is 4.62. The van der Waals surface area contributed by atoms with Crippen LogP contribution in [0.25, 0.3) is 0 Å². The number of nitrogens with zero attached hydrogens (tertiary/aromatic N) is 1. The van der Waals surface area contributed by atoms with Gasteiger partial charge in [-0.05, 0) is 31.6 Å². The molecule has 2 rings (SSSR count). The third-order valence-corrected chi connectivity index (χ3v) is 4.25. The number of piperidine rings is 1. The van der Waals surface area contributed by atoms with Crippen LogP contribution in [-0.4, -0.2) is 49.0 Å². The van der Waals surface area contributed by atoms with Crippen molar-refractivity contribution in [3.05, 3.63) is 0 Å². The van der Waals surface area contributed by atoms with E-state index in [0.717, 1.165) is 6.42 Å². The van der Waals surface area contributed by atoms with Crippen molar-refractivity contribution in [3.63, 3.8) is 0 Å². The molecule has 2 aliphatic rings. The molecule has 0 radical (unpaired) electrons. The van der Waals surface area contributed by atoms with Gasteiger partial charge in [0.25, 0.3) is 0 Å². The Morgan fingerprint density at radius 3 is 2.75 bits per heavy atom. The van der Waals surface area contributed by atoms with Crippen LogP contribution in [0.4, 0.5) is 4.79 Å². The smallest absolute Gasteiger partial charge is 0.410 e. The number of ether oxygens (including phenoxy) is 2. The van der Waals surface area contributed by atoms with E-state index in [4.69, 9.17) is 9.47 Å². The summed E-state index contributed by atoms with van der Waals surface area (Å²) in [6.07, 6.45) is 1.85. The van der Waals surface area contributed by atoms with Crippen LogP contribution in [0.2, 0.25) is 0 Å². The lowest BCUT2D eigenvalue weighted by atomic mass is 9.72. The zero-order valence-electron chi connectivity index (χ0n) is 12.0. The molecule has 1 aliphatic carbocycles. The lowest BCUT2D eigenvalue weighted by molar-refractivity contribution is -0.153. The number of likely N-dealkylation sites (tertiary alicyclic amines) is 1. The second-order valence-corrected chi connectivity index (χ2v) is 5.43. The Balaban J connectivity index is 2.15. The van der Waals surface area contributed by atoms with Gasteiger partial charge in [0.15, 0.2) is 0 Å². The number of hydrogen-bond acceptors (Lipinski definition) is 5. The summed E-state index contributed by atoms with van der Waals surface area (Å²) in [7, 11) is 1.31. The van der Waals surface area contributed by atoms with E-state index >= 15 is 0 Å². The summed E-state index contributed by atoms with van der Waals surface area (Å²) in [5.74, 6) is 0.291. The van der Waals surface area contributed by atoms with Crippen molar-refractivity contribution in [2.45, 2.75) is 38.6 Å². The molecule has 1 heterocycles. The maximum atomic E-state index is 12.0. The lowest BCUT2D eigenvalue weighted by Crippen LogP contribution is -2.55. The lowest BCUT2D eigenvalue weighted by Gasteiger charge is -2.43. The van der Waals surface area contributed by atoms with Gasteiger partial charge in [-0.1, -0.05) is 0 Å². The molecule has 1 unspecified atom stereocenters. The monoisotopic (exact) mass is 283 g/mol. The number of carbonyl (C=O) groups is 3. The van der Waals surface area contributed by atoms with Crippen LogP contribution >= 0.6 is 0 Å². The van der Waals surface area contributed by atoms with Gasteiger partial charge < -0.3 is 9.47 Å². The van der Waals surface area contributed by atoms with E-state index in [0.29, 0.717) is 25.8 Å². The van der Waals surface area contributed by atoms with Gasteiger partial charge in [0.05, 0.1) is 13.7 Å². The molecule has 1 saturated heterocycles. The normalized spacial score (nSPS) is 29.6. The average molecular weight is 283 g/mol. The number of rotatable bonds is 2. The fourth-order valence-electron chi connectivity index (χ4n) is 3.23. The summed E-state index contributed by atoms with van der Waals surface area (Å²) in [6.45, 7) is 2.47. The van der Waals surface area contributed by atoms with E-state index in [1.807, 2.05) is 0 Å². The summed E-state index contributed by atoms with van der Waals surface area (Å²) in [5.41, 5.74) is 0. The summed E-state index contributed by atoms with van der Waals surface area (Å²) in [6, 6.07) is -0.630. The molecule has 0 N–H and O–H groups in total. The third-order valence-electron chi connectivity index (χ3n) is 4.25. The molecule has 20 heavy (non-hydrogen) atoms. The summed E-state index contributed by atoms with van der Waals surface area (Å²) in [4.78, 5) is 36.9. The van der Waals surface area contributed by atoms with Gasteiger partial charge in [-0.15, -0.1) is 0 Å². The number of esters is 1. The Labute approximate surface area is 118 Å². The molecule has 1 aliphatic heterocycles. The quantitative estimate of drug-likeness (QED) is 0.716. The molecular formula is C14H21NO5. The fourth-order valence-corrected chi connectivity index (χ4v) is 3.23. The number of methoxy groups -OCH3 is 1. The predicted molar refractivity (Wildman–Crippen MR) is 70.0 cm³/mol. The topological polar surface area (TPSA) is 72.9 Å². The molecule has 112 valence electrons. The highest BCUT2D eigenvalue weighted by Crippen LogP contribution is 2.37. The van der Waals surface area contributed by atoms with Crippen molar-refractivity contribution in [1.29, 1.82) is 0 Å². The zero-order valence-corrected chi connectivity index (χ0v) is 12.0. The Hall–Kier alpha value is -1.59. The first kappa shape index (κ1) is 14.8. The Morgan fingerprint density at radius 1 is 1.35 bits per heavy atom. The van der Waals surface area contributed by atoms with Crippen LogP contribution in [-0.2, 0) is 19.1 Å². The van der Waals surface area contributed by atoms with E-state index in [1.54, 1.807) is 6.92 Å². The van der Waals surface area contributed by atoms with Crippen LogP contribution in [0.1, 0.15) is 32.6 Å². The highest BCUT2D eigenvalue weighted by atomic mass is 16.6. The molecule has 6 heteroatoms. The zero-order chi connectivity index (χ0) is 14.7. The third kappa shape index (κ3) is 2.94. The number of amides is 1. The van der Waals surface area contributed by atoms with Crippen molar-refractivity contribution in [2.24, 2.45) is 11.8 Å². The number of hydrogen-bond donors (Lipinski definition) is 0. The van der Waals surface area contributed by atoms with Gasteiger partial charge in [0.1, 0.15) is 11.8 Å². The first-order valence-electron chi connectivity index (χ1n) is 7.09. The van der Waals surface area contributed by atoms with Crippen molar-refractivity contribution >= 4 is 17.8 Å². The van der Waals surface area contributed by atoms with Gasteiger partial charge in [0, 0.05) is 19.4 Å².